The molecule has 0 bridgehead atoms. The van der Waals surface area contributed by atoms with E-state index in [9.17, 15) is 4.79 Å². The van der Waals surface area contributed by atoms with Crippen LogP contribution in [-0.4, -0.2) is 30.4 Å². The molecule has 0 saturated carbocycles. The van der Waals surface area contributed by atoms with Gasteiger partial charge in [-0.05, 0) is 50.4 Å². The number of likely N-dealkylation sites (N-methyl/N-ethyl adjacent to an activating group) is 1. The standard InChI is InChI=1S/C11H12Br2N2O/c1-15-6-5-9(11(15)16)14-10-7(12)3-2-4-8(10)13/h2-4,9,14H,5-6H2,1H3. The first-order valence-electron chi connectivity index (χ1n) is 5.05. The van der Waals surface area contributed by atoms with E-state index in [2.05, 4.69) is 37.2 Å². The van der Waals surface area contributed by atoms with Crippen LogP contribution < -0.4 is 5.32 Å². The number of anilines is 1. The monoisotopic (exact) mass is 346 g/mol. The molecule has 5 heteroatoms. The van der Waals surface area contributed by atoms with Crippen molar-refractivity contribution >= 4 is 43.5 Å². The summed E-state index contributed by atoms with van der Waals surface area (Å²) in [5, 5.41) is 3.27. The van der Waals surface area contributed by atoms with Crippen LogP contribution in [0.5, 0.6) is 0 Å². The summed E-state index contributed by atoms with van der Waals surface area (Å²) in [6.07, 6.45) is 0.850. The number of para-hydroxylation sites is 1. The van der Waals surface area contributed by atoms with Gasteiger partial charge in [-0.3, -0.25) is 4.79 Å². The van der Waals surface area contributed by atoms with E-state index in [1.807, 2.05) is 25.2 Å². The highest BCUT2D eigenvalue weighted by molar-refractivity contribution is 9.11. The van der Waals surface area contributed by atoms with Crippen LogP contribution >= 0.6 is 31.9 Å². The van der Waals surface area contributed by atoms with Crippen molar-refractivity contribution in [2.75, 3.05) is 18.9 Å². The third kappa shape index (κ3) is 2.25. The van der Waals surface area contributed by atoms with Crippen LogP contribution in [0.3, 0.4) is 0 Å². The van der Waals surface area contributed by atoms with Gasteiger partial charge < -0.3 is 10.2 Å². The maximum absolute atomic E-state index is 11.8. The zero-order valence-electron chi connectivity index (χ0n) is 8.84. The van der Waals surface area contributed by atoms with Crippen molar-refractivity contribution in [3.63, 3.8) is 0 Å². The molecule has 1 aliphatic heterocycles. The zero-order valence-corrected chi connectivity index (χ0v) is 12.0. The van der Waals surface area contributed by atoms with E-state index in [0.29, 0.717) is 0 Å². The fraction of sp³-hybridized carbons (Fsp3) is 0.364. The summed E-state index contributed by atoms with van der Waals surface area (Å²) >= 11 is 6.94. The van der Waals surface area contributed by atoms with E-state index < -0.39 is 0 Å². The molecule has 1 atom stereocenters. The highest BCUT2D eigenvalue weighted by Crippen LogP contribution is 2.32. The summed E-state index contributed by atoms with van der Waals surface area (Å²) in [6, 6.07) is 5.74. The largest absolute Gasteiger partial charge is 0.372 e. The van der Waals surface area contributed by atoms with Crippen molar-refractivity contribution < 1.29 is 4.79 Å². The summed E-state index contributed by atoms with van der Waals surface area (Å²) in [5.74, 6) is 0.155. The Hall–Kier alpha value is -0.550. The van der Waals surface area contributed by atoms with Crippen LogP contribution in [-0.2, 0) is 4.79 Å². The predicted molar refractivity (Wildman–Crippen MR) is 71.5 cm³/mol. The maximum Gasteiger partial charge on any atom is 0.244 e. The summed E-state index contributed by atoms with van der Waals surface area (Å²) in [5.41, 5.74) is 0.941. The van der Waals surface area contributed by atoms with Crippen molar-refractivity contribution in [3.05, 3.63) is 27.1 Å². The van der Waals surface area contributed by atoms with Crippen molar-refractivity contribution in [2.45, 2.75) is 12.5 Å². The van der Waals surface area contributed by atoms with Gasteiger partial charge in [0.05, 0.1) is 5.69 Å². The first-order valence-corrected chi connectivity index (χ1v) is 6.63. The Labute approximate surface area is 111 Å². The number of likely N-dealkylation sites (tertiary alicyclic amines) is 1. The van der Waals surface area contributed by atoms with Crippen LogP contribution in [0.25, 0.3) is 0 Å². The van der Waals surface area contributed by atoms with E-state index in [0.717, 1.165) is 27.6 Å². The number of hydrogen-bond acceptors (Lipinski definition) is 2. The Morgan fingerprint density at radius 3 is 2.50 bits per heavy atom. The Balaban J connectivity index is 2.19. The van der Waals surface area contributed by atoms with E-state index in [-0.39, 0.29) is 11.9 Å². The number of carbonyl (C=O) groups is 1. The topological polar surface area (TPSA) is 32.3 Å². The molecule has 1 aromatic carbocycles. The van der Waals surface area contributed by atoms with Crippen LogP contribution in [0.1, 0.15) is 6.42 Å². The SMILES string of the molecule is CN1CCC(Nc2c(Br)cccc2Br)C1=O. The second-order valence-corrected chi connectivity index (χ2v) is 5.55. The van der Waals surface area contributed by atoms with Gasteiger partial charge in [-0.1, -0.05) is 6.07 Å². The molecule has 16 heavy (non-hydrogen) atoms. The van der Waals surface area contributed by atoms with Gasteiger partial charge in [0.1, 0.15) is 6.04 Å². The molecule has 3 nitrogen and oxygen atoms in total. The van der Waals surface area contributed by atoms with Gasteiger partial charge in [-0.2, -0.15) is 0 Å². The number of hydrogen-bond donors (Lipinski definition) is 1. The van der Waals surface area contributed by atoms with E-state index in [4.69, 9.17) is 0 Å². The molecule has 1 saturated heterocycles. The minimum atomic E-state index is -0.111. The second kappa shape index (κ2) is 4.75. The lowest BCUT2D eigenvalue weighted by molar-refractivity contribution is -0.127. The number of halogens is 2. The average Bonchev–Trinajstić information content (AvgIpc) is 2.55. The predicted octanol–water partition coefficient (Wildman–Crippen LogP) is 2.85. The van der Waals surface area contributed by atoms with Gasteiger partial charge >= 0.3 is 0 Å². The summed E-state index contributed by atoms with van der Waals surface area (Å²) in [7, 11) is 1.83. The zero-order chi connectivity index (χ0) is 11.7. The molecular weight excluding hydrogens is 336 g/mol. The molecule has 0 spiro atoms. The van der Waals surface area contributed by atoms with Gasteiger partial charge in [0.2, 0.25) is 5.91 Å². The van der Waals surface area contributed by atoms with Crippen LogP contribution in [0.4, 0.5) is 5.69 Å². The molecular formula is C11H12Br2N2O. The number of amides is 1. The normalized spacial score (nSPS) is 20.3. The number of nitrogens with zero attached hydrogens (tertiary/aromatic N) is 1. The second-order valence-electron chi connectivity index (χ2n) is 3.84. The Kier molecular flexibility index (Phi) is 3.54. The molecule has 1 unspecified atom stereocenters. The van der Waals surface area contributed by atoms with Crippen LogP contribution in [0.15, 0.2) is 27.1 Å². The quantitative estimate of drug-likeness (QED) is 0.892. The molecule has 1 fully saturated rings. The molecule has 1 aliphatic rings. The minimum absolute atomic E-state index is 0.111. The summed E-state index contributed by atoms with van der Waals surface area (Å²) < 4.78 is 1.92. The summed E-state index contributed by atoms with van der Waals surface area (Å²) in [4.78, 5) is 13.5. The first kappa shape index (κ1) is 11.9. The highest BCUT2D eigenvalue weighted by atomic mass is 79.9. The van der Waals surface area contributed by atoms with Crippen molar-refractivity contribution in [3.8, 4) is 0 Å². The number of nitrogens with one attached hydrogen (secondary N) is 1. The number of rotatable bonds is 2. The number of carbonyl (C=O) groups excluding carboxylic acids is 1. The minimum Gasteiger partial charge on any atom is -0.372 e. The fourth-order valence-corrected chi connectivity index (χ4v) is 2.99. The average molecular weight is 348 g/mol. The first-order chi connectivity index (χ1) is 7.59. The Bertz CT molecular complexity index is 402. The van der Waals surface area contributed by atoms with E-state index in [1.165, 1.54) is 0 Å². The Morgan fingerprint density at radius 2 is 2.00 bits per heavy atom. The van der Waals surface area contributed by atoms with Gasteiger partial charge in [-0.25, -0.2) is 0 Å². The van der Waals surface area contributed by atoms with Crippen LogP contribution in [0.2, 0.25) is 0 Å². The smallest absolute Gasteiger partial charge is 0.244 e. The third-order valence-corrected chi connectivity index (χ3v) is 4.03. The maximum atomic E-state index is 11.8. The van der Waals surface area contributed by atoms with E-state index in [1.54, 1.807) is 4.90 Å². The lowest BCUT2D eigenvalue weighted by Crippen LogP contribution is -2.31. The van der Waals surface area contributed by atoms with Gasteiger partial charge in [0.25, 0.3) is 0 Å². The fourth-order valence-electron chi connectivity index (χ4n) is 1.77. The lowest BCUT2D eigenvalue weighted by Gasteiger charge is -2.16. The van der Waals surface area contributed by atoms with Gasteiger partial charge in [-0.15, -0.1) is 0 Å². The van der Waals surface area contributed by atoms with Gasteiger partial charge in [0, 0.05) is 22.5 Å². The number of benzene rings is 1. The molecule has 1 heterocycles. The van der Waals surface area contributed by atoms with Gasteiger partial charge in [0.15, 0.2) is 0 Å². The highest BCUT2D eigenvalue weighted by Gasteiger charge is 2.29. The molecule has 1 aromatic rings. The molecule has 2 rings (SSSR count). The van der Waals surface area contributed by atoms with Crippen LogP contribution in [0, 0.1) is 0 Å². The summed E-state index contributed by atoms with van der Waals surface area (Å²) in [6.45, 7) is 0.818. The third-order valence-electron chi connectivity index (χ3n) is 2.71. The molecule has 0 aromatic heterocycles. The molecule has 0 radical (unpaired) electrons. The molecule has 86 valence electrons. The molecule has 0 aliphatic carbocycles. The molecule has 1 N–H and O–H groups in total. The van der Waals surface area contributed by atoms with E-state index >= 15 is 0 Å². The van der Waals surface area contributed by atoms with Crippen molar-refractivity contribution in [1.82, 2.24) is 4.90 Å². The Morgan fingerprint density at radius 1 is 1.38 bits per heavy atom. The lowest BCUT2D eigenvalue weighted by atomic mass is 10.2. The molecule has 1 amide bonds. The van der Waals surface area contributed by atoms with Crippen molar-refractivity contribution in [1.29, 1.82) is 0 Å². The van der Waals surface area contributed by atoms with Crippen molar-refractivity contribution in [2.24, 2.45) is 0 Å².